The van der Waals surface area contributed by atoms with Crippen LogP contribution in [0.25, 0.3) is 0 Å². The standard InChI is InChI=1S/C23H28F2N2O2/c1-14-13-23(2,3)16-8-6-9-17(20(14)16)26-21(28)18-12-11-15-7-4-5-10-19(15)29-27(18)22(24)25/h4-6,8-10,14-15,18,22H,7,11-13H2,1-3H3,(H,26,28). The number of allylic oxidation sites excluding steroid dienone is 4. The lowest BCUT2D eigenvalue weighted by atomic mass is 9.86. The second-order valence-corrected chi connectivity index (χ2v) is 9.00. The van der Waals surface area contributed by atoms with Crippen molar-refractivity contribution in [2.45, 2.75) is 70.4 Å². The van der Waals surface area contributed by atoms with Gasteiger partial charge in [-0.05, 0) is 60.3 Å². The smallest absolute Gasteiger partial charge is 0.325 e. The molecule has 1 amide bonds. The van der Waals surface area contributed by atoms with E-state index in [1.54, 1.807) is 6.08 Å². The number of fused-ring (bicyclic) bond motifs is 2. The van der Waals surface area contributed by atoms with Crippen molar-refractivity contribution in [3.05, 3.63) is 53.3 Å². The molecule has 1 saturated heterocycles. The van der Waals surface area contributed by atoms with E-state index in [0.717, 1.165) is 24.1 Å². The molecule has 156 valence electrons. The predicted octanol–water partition coefficient (Wildman–Crippen LogP) is 5.49. The van der Waals surface area contributed by atoms with Crippen molar-refractivity contribution in [1.29, 1.82) is 0 Å². The molecule has 0 aromatic heterocycles. The van der Waals surface area contributed by atoms with Crippen LogP contribution in [0.4, 0.5) is 14.5 Å². The Morgan fingerprint density at radius 1 is 1.31 bits per heavy atom. The van der Waals surface area contributed by atoms with Crippen LogP contribution in [0.2, 0.25) is 0 Å². The molecule has 3 unspecified atom stereocenters. The number of hydrogen-bond donors (Lipinski definition) is 1. The van der Waals surface area contributed by atoms with Gasteiger partial charge in [0.2, 0.25) is 5.91 Å². The molecule has 1 heterocycles. The molecule has 1 fully saturated rings. The fraction of sp³-hybridized carbons (Fsp3) is 0.522. The molecule has 6 heteroatoms. The maximum absolute atomic E-state index is 13.8. The van der Waals surface area contributed by atoms with Crippen LogP contribution in [-0.4, -0.2) is 23.6 Å². The summed E-state index contributed by atoms with van der Waals surface area (Å²) in [5.41, 5.74) is 3.09. The van der Waals surface area contributed by atoms with Gasteiger partial charge in [0.05, 0.1) is 0 Å². The van der Waals surface area contributed by atoms with E-state index in [0.29, 0.717) is 29.6 Å². The topological polar surface area (TPSA) is 41.6 Å². The van der Waals surface area contributed by atoms with Crippen LogP contribution >= 0.6 is 0 Å². The molecule has 0 radical (unpaired) electrons. The predicted molar refractivity (Wildman–Crippen MR) is 108 cm³/mol. The van der Waals surface area contributed by atoms with Gasteiger partial charge in [-0.1, -0.05) is 50.1 Å². The van der Waals surface area contributed by atoms with Crippen LogP contribution in [0.1, 0.15) is 63.5 Å². The number of hydroxylamine groups is 2. The molecule has 0 spiro atoms. The van der Waals surface area contributed by atoms with Crippen molar-refractivity contribution in [3.8, 4) is 0 Å². The van der Waals surface area contributed by atoms with E-state index in [9.17, 15) is 13.6 Å². The quantitative estimate of drug-likeness (QED) is 0.680. The Kier molecular flexibility index (Phi) is 5.23. The number of hydrogen-bond acceptors (Lipinski definition) is 3. The lowest BCUT2D eigenvalue weighted by Crippen LogP contribution is -2.45. The molecule has 1 N–H and O–H groups in total. The average molecular weight is 402 g/mol. The van der Waals surface area contributed by atoms with E-state index in [1.165, 1.54) is 5.56 Å². The van der Waals surface area contributed by atoms with Crippen LogP contribution < -0.4 is 5.32 Å². The Balaban J connectivity index is 1.59. The number of anilines is 1. The highest BCUT2D eigenvalue weighted by Gasteiger charge is 2.40. The molecule has 4 rings (SSSR count). The van der Waals surface area contributed by atoms with E-state index in [2.05, 4.69) is 32.2 Å². The summed E-state index contributed by atoms with van der Waals surface area (Å²) in [4.78, 5) is 18.6. The minimum Gasteiger partial charge on any atom is -0.404 e. The number of alkyl halides is 2. The van der Waals surface area contributed by atoms with Gasteiger partial charge in [-0.25, -0.2) is 0 Å². The zero-order chi connectivity index (χ0) is 20.8. The molecule has 1 aliphatic heterocycles. The van der Waals surface area contributed by atoms with Gasteiger partial charge in [-0.3, -0.25) is 4.79 Å². The zero-order valence-corrected chi connectivity index (χ0v) is 17.1. The van der Waals surface area contributed by atoms with Crippen LogP contribution in [0.15, 0.2) is 42.2 Å². The Morgan fingerprint density at radius 3 is 2.86 bits per heavy atom. The number of nitrogens with one attached hydrogen (secondary N) is 1. The number of carbonyl (C=O) groups is 1. The summed E-state index contributed by atoms with van der Waals surface area (Å²) < 4.78 is 27.5. The minimum absolute atomic E-state index is 0.0328. The van der Waals surface area contributed by atoms with Gasteiger partial charge < -0.3 is 10.2 Å². The van der Waals surface area contributed by atoms with E-state index in [-0.39, 0.29) is 11.3 Å². The molecule has 3 aliphatic rings. The van der Waals surface area contributed by atoms with E-state index in [4.69, 9.17) is 4.84 Å². The number of rotatable bonds is 3. The fourth-order valence-electron chi connectivity index (χ4n) is 5.11. The highest BCUT2D eigenvalue weighted by molar-refractivity contribution is 5.96. The number of halogens is 2. The number of amides is 1. The lowest BCUT2D eigenvalue weighted by Gasteiger charge is -2.28. The van der Waals surface area contributed by atoms with Gasteiger partial charge in [0.1, 0.15) is 11.8 Å². The van der Waals surface area contributed by atoms with Crippen LogP contribution in [0.3, 0.4) is 0 Å². The molecule has 3 atom stereocenters. The molecule has 2 aliphatic carbocycles. The first-order chi connectivity index (χ1) is 13.8. The van der Waals surface area contributed by atoms with E-state index in [1.807, 2.05) is 24.3 Å². The largest absolute Gasteiger partial charge is 0.404 e. The zero-order valence-electron chi connectivity index (χ0n) is 17.1. The summed E-state index contributed by atoms with van der Waals surface area (Å²) in [6.07, 6.45) is 8.23. The summed E-state index contributed by atoms with van der Waals surface area (Å²) >= 11 is 0. The maximum Gasteiger partial charge on any atom is 0.325 e. The molecular weight excluding hydrogens is 374 g/mol. The molecule has 0 bridgehead atoms. The normalized spacial score (nSPS) is 28.2. The van der Waals surface area contributed by atoms with Crippen LogP contribution in [-0.2, 0) is 15.0 Å². The molecule has 29 heavy (non-hydrogen) atoms. The monoisotopic (exact) mass is 402 g/mol. The van der Waals surface area contributed by atoms with Crippen LogP contribution in [0.5, 0.6) is 0 Å². The van der Waals surface area contributed by atoms with E-state index >= 15 is 0 Å². The van der Waals surface area contributed by atoms with Gasteiger partial charge >= 0.3 is 6.55 Å². The molecule has 4 nitrogen and oxygen atoms in total. The first-order valence-electron chi connectivity index (χ1n) is 10.3. The Hall–Kier alpha value is -2.21. The second kappa shape index (κ2) is 7.56. The Bertz CT molecular complexity index is 862. The highest BCUT2D eigenvalue weighted by Crippen LogP contribution is 2.48. The third-order valence-corrected chi connectivity index (χ3v) is 6.42. The fourth-order valence-corrected chi connectivity index (χ4v) is 5.11. The van der Waals surface area contributed by atoms with Gasteiger partial charge in [0.15, 0.2) is 0 Å². The summed E-state index contributed by atoms with van der Waals surface area (Å²) in [6, 6.07) is 4.85. The minimum atomic E-state index is -2.88. The molecular formula is C23H28F2N2O2. The summed E-state index contributed by atoms with van der Waals surface area (Å²) in [6.45, 7) is 3.66. The Morgan fingerprint density at radius 2 is 2.10 bits per heavy atom. The average Bonchev–Trinajstić information content (AvgIpc) is 2.82. The van der Waals surface area contributed by atoms with Gasteiger partial charge in [-0.15, -0.1) is 0 Å². The first-order valence-corrected chi connectivity index (χ1v) is 10.3. The third-order valence-electron chi connectivity index (χ3n) is 6.42. The second-order valence-electron chi connectivity index (χ2n) is 9.00. The lowest BCUT2D eigenvalue weighted by molar-refractivity contribution is -0.247. The number of benzene rings is 1. The number of carbonyl (C=O) groups excluding carboxylic acids is 1. The highest BCUT2D eigenvalue weighted by atomic mass is 19.3. The third kappa shape index (κ3) is 3.70. The van der Waals surface area contributed by atoms with Crippen molar-refractivity contribution in [1.82, 2.24) is 5.06 Å². The van der Waals surface area contributed by atoms with Gasteiger partial charge in [0.25, 0.3) is 0 Å². The molecule has 1 aromatic carbocycles. The van der Waals surface area contributed by atoms with E-state index < -0.39 is 18.5 Å². The molecule has 0 saturated carbocycles. The van der Waals surface area contributed by atoms with Crippen molar-refractivity contribution >= 4 is 11.6 Å². The SMILES string of the molecule is CC1CC(C)(C)c2cccc(NC(=O)C3CCC4CC=CC=C4ON3C(F)F)c21. The van der Waals surface area contributed by atoms with Crippen molar-refractivity contribution in [3.63, 3.8) is 0 Å². The number of nitrogens with zero attached hydrogens (tertiary/aromatic N) is 1. The molecule has 1 aromatic rings. The maximum atomic E-state index is 13.8. The van der Waals surface area contributed by atoms with Gasteiger partial charge in [-0.2, -0.15) is 8.78 Å². The first kappa shape index (κ1) is 20.1. The summed E-state index contributed by atoms with van der Waals surface area (Å²) in [7, 11) is 0. The van der Waals surface area contributed by atoms with Gasteiger partial charge in [0, 0.05) is 11.6 Å². The Labute approximate surface area is 170 Å². The summed E-state index contributed by atoms with van der Waals surface area (Å²) in [5.74, 6) is 0.412. The van der Waals surface area contributed by atoms with Crippen molar-refractivity contribution < 1.29 is 18.4 Å². The van der Waals surface area contributed by atoms with Crippen LogP contribution in [0, 0.1) is 5.92 Å². The summed E-state index contributed by atoms with van der Waals surface area (Å²) in [5, 5.41) is 3.51. The van der Waals surface area contributed by atoms with Crippen molar-refractivity contribution in [2.24, 2.45) is 5.92 Å². The van der Waals surface area contributed by atoms with Crippen molar-refractivity contribution in [2.75, 3.05) is 5.32 Å².